The van der Waals surface area contributed by atoms with Gasteiger partial charge >= 0.3 is 5.69 Å². The first-order valence-corrected chi connectivity index (χ1v) is 17.9. The molecule has 2 N–H and O–H groups in total. The maximum absolute atomic E-state index is 15.6. The van der Waals surface area contributed by atoms with Gasteiger partial charge in [-0.15, -0.1) is 0 Å². The molecule has 0 saturated carbocycles. The van der Waals surface area contributed by atoms with Crippen molar-refractivity contribution in [2.24, 2.45) is 0 Å². The van der Waals surface area contributed by atoms with Gasteiger partial charge in [-0.1, -0.05) is 164 Å². The lowest BCUT2D eigenvalue weighted by Crippen LogP contribution is -2.25. The molecule has 256 valence electrons. The molecule has 5 heteroatoms. The van der Waals surface area contributed by atoms with Gasteiger partial charge in [0, 0.05) is 28.4 Å². The fourth-order valence-electron chi connectivity index (χ4n) is 9.09. The Morgan fingerprint density at radius 2 is 0.815 bits per heavy atom. The van der Waals surface area contributed by atoms with Crippen LogP contribution in [-0.2, 0) is 5.41 Å². The van der Waals surface area contributed by atoms with Gasteiger partial charge in [-0.25, -0.2) is 0 Å². The van der Waals surface area contributed by atoms with Crippen LogP contribution in [0, 0.1) is 15.9 Å². The van der Waals surface area contributed by atoms with Gasteiger partial charge in [0.1, 0.15) is 0 Å². The van der Waals surface area contributed by atoms with Crippen LogP contribution in [0.5, 0.6) is 0 Å². The van der Waals surface area contributed by atoms with Crippen molar-refractivity contribution >= 4 is 11.4 Å². The van der Waals surface area contributed by atoms with E-state index in [0.29, 0.717) is 11.3 Å². The second-order valence-corrected chi connectivity index (χ2v) is 13.9. The molecular weight excluding hydrogens is 668 g/mol. The summed E-state index contributed by atoms with van der Waals surface area (Å²) in [5, 5.41) is 11.6. The molecule has 0 bridgehead atoms. The minimum absolute atomic E-state index is 0.167. The van der Waals surface area contributed by atoms with Crippen molar-refractivity contribution in [3.63, 3.8) is 0 Å². The van der Waals surface area contributed by atoms with Crippen molar-refractivity contribution in [1.82, 2.24) is 0 Å². The van der Waals surface area contributed by atoms with Crippen LogP contribution in [0.15, 0.2) is 176 Å². The second-order valence-electron chi connectivity index (χ2n) is 13.9. The number of para-hydroxylation sites is 1. The minimum Gasteiger partial charge on any atom is -0.398 e. The lowest BCUT2D eigenvalue weighted by atomic mass is 9.70. The number of halogens is 1. The van der Waals surface area contributed by atoms with Gasteiger partial charge in [0.05, 0.1) is 10.3 Å². The maximum Gasteiger partial charge on any atom is 0.305 e. The third kappa shape index (κ3) is 4.36. The van der Waals surface area contributed by atoms with Crippen LogP contribution in [0.1, 0.15) is 22.3 Å². The number of nitrogens with zero attached hydrogens (tertiary/aromatic N) is 1. The monoisotopic (exact) mass is 698 g/mol. The molecular formula is C49H31FN2O2. The number of nitro groups is 1. The van der Waals surface area contributed by atoms with E-state index in [1.807, 2.05) is 54.6 Å². The molecule has 2 aliphatic carbocycles. The van der Waals surface area contributed by atoms with Gasteiger partial charge in [0.2, 0.25) is 5.82 Å². The normalized spacial score (nSPS) is 12.9. The molecule has 54 heavy (non-hydrogen) atoms. The van der Waals surface area contributed by atoms with Gasteiger partial charge in [-0.2, -0.15) is 4.39 Å². The number of hydrogen-bond donors (Lipinski definition) is 1. The predicted octanol–water partition coefficient (Wildman–Crippen LogP) is 12.3. The second kappa shape index (κ2) is 12.0. The Bertz CT molecular complexity index is 2810. The van der Waals surface area contributed by atoms with E-state index in [2.05, 4.69) is 97.1 Å². The maximum atomic E-state index is 15.6. The van der Waals surface area contributed by atoms with Crippen molar-refractivity contribution in [1.29, 1.82) is 0 Å². The van der Waals surface area contributed by atoms with Crippen molar-refractivity contribution in [2.75, 3.05) is 5.73 Å². The molecule has 0 fully saturated rings. The van der Waals surface area contributed by atoms with E-state index in [-0.39, 0.29) is 5.56 Å². The third-order valence-electron chi connectivity index (χ3n) is 11.3. The first-order valence-electron chi connectivity index (χ1n) is 17.9. The van der Waals surface area contributed by atoms with Gasteiger partial charge in [0.15, 0.2) is 0 Å². The fourth-order valence-corrected chi connectivity index (χ4v) is 9.09. The molecule has 1 spiro atoms. The van der Waals surface area contributed by atoms with Crippen LogP contribution in [0.2, 0.25) is 0 Å². The topological polar surface area (TPSA) is 69.2 Å². The van der Waals surface area contributed by atoms with E-state index >= 15 is 4.39 Å². The lowest BCUT2D eigenvalue weighted by molar-refractivity contribution is -0.387. The quantitative estimate of drug-likeness (QED) is 0.110. The molecule has 0 aromatic heterocycles. The molecule has 8 aromatic carbocycles. The number of fused-ring (bicyclic) bond motifs is 10. The van der Waals surface area contributed by atoms with Crippen molar-refractivity contribution in [3.05, 3.63) is 214 Å². The lowest BCUT2D eigenvalue weighted by Gasteiger charge is -2.30. The van der Waals surface area contributed by atoms with Crippen LogP contribution in [0.4, 0.5) is 15.8 Å². The van der Waals surface area contributed by atoms with Gasteiger partial charge in [0.25, 0.3) is 0 Å². The van der Waals surface area contributed by atoms with Gasteiger partial charge in [-0.05, 0) is 78.4 Å². The number of rotatable bonds is 5. The molecule has 0 heterocycles. The van der Waals surface area contributed by atoms with E-state index in [1.54, 1.807) is 12.1 Å². The zero-order valence-corrected chi connectivity index (χ0v) is 29.0. The molecule has 0 unspecified atom stereocenters. The molecule has 2 aliphatic rings. The summed E-state index contributed by atoms with van der Waals surface area (Å²) in [5.74, 6) is -0.863. The number of nitrogens with two attached hydrogens (primary N) is 1. The average molecular weight is 699 g/mol. The summed E-state index contributed by atoms with van der Waals surface area (Å²) >= 11 is 0. The standard InChI is InChI=1S/C49H31FN2O2/c50-47-39(21-12-26-46(47)52(53)54)34-15-3-1-13-32(34)33-14-2-4-16-35(33)40-22-11-20-31(48(40)51)30-27-28-45-41(29-30)38-19-7-10-25-44(38)49(45)42-23-8-5-17-36(42)37-18-6-9-24-43(37)49/h1-29H,51H2. The third-order valence-corrected chi connectivity index (χ3v) is 11.3. The zero-order chi connectivity index (χ0) is 36.6. The fraction of sp³-hybridized carbons (Fsp3) is 0.0204. The van der Waals surface area contributed by atoms with E-state index in [0.717, 1.165) is 33.4 Å². The Morgan fingerprint density at radius 1 is 0.426 bits per heavy atom. The van der Waals surface area contributed by atoms with Crippen LogP contribution < -0.4 is 5.73 Å². The van der Waals surface area contributed by atoms with Crippen LogP contribution >= 0.6 is 0 Å². The zero-order valence-electron chi connectivity index (χ0n) is 29.0. The van der Waals surface area contributed by atoms with Gasteiger partial charge < -0.3 is 5.73 Å². The van der Waals surface area contributed by atoms with E-state index in [4.69, 9.17) is 5.73 Å². The van der Waals surface area contributed by atoms with E-state index in [9.17, 15) is 10.1 Å². The highest BCUT2D eigenvalue weighted by molar-refractivity contribution is 6.00. The highest BCUT2D eigenvalue weighted by atomic mass is 19.1. The summed E-state index contributed by atoms with van der Waals surface area (Å²) in [6.07, 6.45) is 0. The van der Waals surface area contributed by atoms with Crippen molar-refractivity contribution in [2.45, 2.75) is 5.41 Å². The first kappa shape index (κ1) is 31.6. The van der Waals surface area contributed by atoms with Crippen LogP contribution in [0.3, 0.4) is 0 Å². The smallest absolute Gasteiger partial charge is 0.305 e. The van der Waals surface area contributed by atoms with Crippen LogP contribution in [-0.4, -0.2) is 4.92 Å². The first-order chi connectivity index (χ1) is 26.5. The van der Waals surface area contributed by atoms with Crippen molar-refractivity contribution in [3.8, 4) is 66.8 Å². The number of benzene rings is 8. The number of nitrogen functional groups attached to an aromatic ring is 1. The Kier molecular flexibility index (Phi) is 7.01. The molecule has 4 nitrogen and oxygen atoms in total. The largest absolute Gasteiger partial charge is 0.398 e. The summed E-state index contributed by atoms with van der Waals surface area (Å²) in [6.45, 7) is 0. The van der Waals surface area contributed by atoms with E-state index in [1.165, 1.54) is 56.6 Å². The summed E-state index contributed by atoms with van der Waals surface area (Å²) in [4.78, 5) is 10.9. The van der Waals surface area contributed by atoms with Gasteiger partial charge in [-0.3, -0.25) is 10.1 Å². The van der Waals surface area contributed by atoms with E-state index < -0.39 is 21.8 Å². The summed E-state index contributed by atoms with van der Waals surface area (Å²) in [6, 6.07) is 58.8. The minimum atomic E-state index is -0.863. The Balaban J connectivity index is 1.13. The molecule has 0 radical (unpaired) electrons. The SMILES string of the molecule is Nc1c(-c2ccc3c(c2)-c2ccccc2C32c3ccccc3-c3ccccc32)cccc1-c1ccccc1-c1ccccc1-c1cccc([N+](=O)[O-])c1F. The number of anilines is 1. The number of nitro benzene ring substituents is 1. The highest BCUT2D eigenvalue weighted by Crippen LogP contribution is 2.63. The summed E-state index contributed by atoms with van der Waals surface area (Å²) in [5.41, 5.74) is 22.8. The Morgan fingerprint density at radius 3 is 1.37 bits per heavy atom. The molecule has 10 rings (SSSR count). The Labute approximate surface area is 311 Å². The highest BCUT2D eigenvalue weighted by Gasteiger charge is 2.51. The molecule has 0 amide bonds. The summed E-state index contributed by atoms with van der Waals surface area (Å²) < 4.78 is 15.6. The summed E-state index contributed by atoms with van der Waals surface area (Å²) in [7, 11) is 0. The molecule has 8 aromatic rings. The molecule has 0 saturated heterocycles. The Hall–Kier alpha value is -7.11. The van der Waals surface area contributed by atoms with Crippen molar-refractivity contribution < 1.29 is 9.31 Å². The average Bonchev–Trinajstić information content (AvgIpc) is 3.68. The predicted molar refractivity (Wildman–Crippen MR) is 216 cm³/mol. The number of hydrogen-bond acceptors (Lipinski definition) is 3. The van der Waals surface area contributed by atoms with Crippen LogP contribution in [0.25, 0.3) is 66.8 Å². The molecule has 0 aliphatic heterocycles. The molecule has 0 atom stereocenters.